The number of rotatable bonds is 1. The molecule has 0 fully saturated rings. The molecular weight excluding hydrogens is 272 g/mol. The highest BCUT2D eigenvalue weighted by Crippen LogP contribution is 2.51. The maximum Gasteiger partial charge on any atom is 0.0804 e. The summed E-state index contributed by atoms with van der Waals surface area (Å²) < 4.78 is 0. The van der Waals surface area contributed by atoms with Gasteiger partial charge in [0.15, 0.2) is 0 Å². The van der Waals surface area contributed by atoms with Gasteiger partial charge >= 0.3 is 0 Å². The molecule has 0 radical (unpaired) electrons. The lowest BCUT2D eigenvalue weighted by molar-refractivity contribution is 0.111. The first-order valence-corrected chi connectivity index (χ1v) is 8.60. The summed E-state index contributed by atoms with van der Waals surface area (Å²) in [5.41, 5.74) is 3.84. The molecule has 2 rings (SSSR count). The lowest BCUT2D eigenvalue weighted by atomic mass is 9.74. The van der Waals surface area contributed by atoms with E-state index < -0.39 is 11.7 Å². The number of fused-ring (bicyclic) bond motifs is 1. The van der Waals surface area contributed by atoms with Crippen molar-refractivity contribution in [3.8, 4) is 0 Å². The van der Waals surface area contributed by atoms with Crippen molar-refractivity contribution in [3.63, 3.8) is 0 Å². The first-order valence-electron chi connectivity index (χ1n) is 8.60. The van der Waals surface area contributed by atoms with Crippen LogP contribution in [-0.4, -0.2) is 21.9 Å². The Labute approximate surface area is 135 Å². The van der Waals surface area contributed by atoms with Crippen LogP contribution in [0.15, 0.2) is 34.9 Å². The van der Waals surface area contributed by atoms with Gasteiger partial charge < -0.3 is 10.2 Å². The minimum absolute atomic E-state index is 0.0116. The molecule has 0 heterocycles. The van der Waals surface area contributed by atoms with E-state index in [1.807, 2.05) is 13.8 Å². The fourth-order valence-corrected chi connectivity index (χ4v) is 4.12. The van der Waals surface area contributed by atoms with Gasteiger partial charge in [0.05, 0.1) is 11.7 Å². The highest BCUT2D eigenvalue weighted by atomic mass is 16.3. The average molecular weight is 304 g/mol. The van der Waals surface area contributed by atoms with E-state index in [2.05, 4.69) is 26.5 Å². The standard InChI is InChI=1S/C20H32O2/c1-14-7-6-8-15(2)13-17(21)18-16(19(3,4)22)10-12-20(18,5)11-9-14/h8,17,21-22H,1,6-7,9-13H2,2-5H3/b15-8-/t17-,20-/m1/s1. The first kappa shape index (κ1) is 17.5. The van der Waals surface area contributed by atoms with E-state index in [1.54, 1.807) is 0 Å². The van der Waals surface area contributed by atoms with Crippen LogP contribution < -0.4 is 0 Å². The molecule has 2 aliphatic carbocycles. The third-order valence-corrected chi connectivity index (χ3v) is 5.51. The zero-order valence-electron chi connectivity index (χ0n) is 14.7. The van der Waals surface area contributed by atoms with Crippen molar-refractivity contribution < 1.29 is 10.2 Å². The van der Waals surface area contributed by atoms with Gasteiger partial charge in [0.25, 0.3) is 0 Å². The summed E-state index contributed by atoms with van der Waals surface area (Å²) in [5.74, 6) is 0. The van der Waals surface area contributed by atoms with Crippen LogP contribution in [0.4, 0.5) is 0 Å². The Morgan fingerprint density at radius 3 is 2.50 bits per heavy atom. The van der Waals surface area contributed by atoms with Crippen LogP contribution >= 0.6 is 0 Å². The minimum atomic E-state index is -0.844. The maximum atomic E-state index is 10.9. The Morgan fingerprint density at radius 1 is 1.23 bits per heavy atom. The topological polar surface area (TPSA) is 40.5 Å². The number of hydrogen-bond donors (Lipinski definition) is 2. The van der Waals surface area contributed by atoms with Crippen molar-refractivity contribution in [3.05, 3.63) is 34.9 Å². The Kier molecular flexibility index (Phi) is 5.03. The second-order valence-electron chi connectivity index (χ2n) is 8.07. The number of hydrogen-bond acceptors (Lipinski definition) is 2. The molecule has 2 heteroatoms. The molecule has 124 valence electrons. The lowest BCUT2D eigenvalue weighted by Crippen LogP contribution is -2.29. The van der Waals surface area contributed by atoms with E-state index in [4.69, 9.17) is 0 Å². The zero-order chi connectivity index (χ0) is 16.5. The number of aliphatic hydroxyl groups excluding tert-OH is 1. The molecule has 0 aromatic carbocycles. The average Bonchev–Trinajstić information content (AvgIpc) is 2.73. The molecule has 2 nitrogen and oxygen atoms in total. The van der Waals surface area contributed by atoms with Crippen LogP contribution in [0.3, 0.4) is 0 Å². The molecule has 2 aliphatic rings. The molecule has 2 N–H and O–H groups in total. The van der Waals surface area contributed by atoms with Gasteiger partial charge in [-0.25, -0.2) is 0 Å². The Morgan fingerprint density at radius 2 is 1.86 bits per heavy atom. The van der Waals surface area contributed by atoms with Gasteiger partial charge in [0, 0.05) is 0 Å². The number of aliphatic hydroxyl groups is 2. The molecule has 0 saturated carbocycles. The maximum absolute atomic E-state index is 10.9. The van der Waals surface area contributed by atoms with Crippen molar-refractivity contribution in [2.24, 2.45) is 5.41 Å². The van der Waals surface area contributed by atoms with Gasteiger partial charge in [-0.05, 0) is 82.3 Å². The Balaban J connectivity index is 2.45. The molecule has 0 saturated heterocycles. The van der Waals surface area contributed by atoms with Gasteiger partial charge in [0.1, 0.15) is 0 Å². The molecule has 0 spiro atoms. The van der Waals surface area contributed by atoms with Gasteiger partial charge in [-0.15, -0.1) is 0 Å². The van der Waals surface area contributed by atoms with Gasteiger partial charge in [0.2, 0.25) is 0 Å². The summed E-state index contributed by atoms with van der Waals surface area (Å²) in [6, 6.07) is 0. The summed E-state index contributed by atoms with van der Waals surface area (Å²) in [4.78, 5) is 0. The summed E-state index contributed by atoms with van der Waals surface area (Å²) >= 11 is 0. The van der Waals surface area contributed by atoms with E-state index in [0.29, 0.717) is 6.42 Å². The van der Waals surface area contributed by atoms with Crippen LogP contribution in [-0.2, 0) is 0 Å². The smallest absolute Gasteiger partial charge is 0.0804 e. The van der Waals surface area contributed by atoms with Crippen LogP contribution in [0.5, 0.6) is 0 Å². The Hall–Kier alpha value is -0.860. The second-order valence-corrected chi connectivity index (χ2v) is 8.07. The van der Waals surface area contributed by atoms with Gasteiger partial charge in [-0.3, -0.25) is 0 Å². The van der Waals surface area contributed by atoms with E-state index >= 15 is 0 Å². The molecule has 0 unspecified atom stereocenters. The predicted octanol–water partition coefficient (Wildman–Crippen LogP) is 4.68. The summed E-state index contributed by atoms with van der Waals surface area (Å²) in [6.45, 7) is 12.3. The fourth-order valence-electron chi connectivity index (χ4n) is 4.12. The molecule has 0 aliphatic heterocycles. The van der Waals surface area contributed by atoms with Crippen LogP contribution in [0.25, 0.3) is 0 Å². The van der Waals surface area contributed by atoms with Crippen molar-refractivity contribution in [1.82, 2.24) is 0 Å². The third kappa shape index (κ3) is 3.72. The molecule has 0 aromatic rings. The largest absolute Gasteiger partial charge is 0.388 e. The van der Waals surface area contributed by atoms with Crippen LogP contribution in [0, 0.1) is 5.41 Å². The molecule has 0 amide bonds. The van der Waals surface area contributed by atoms with E-state index in [0.717, 1.165) is 49.7 Å². The van der Waals surface area contributed by atoms with Crippen LogP contribution in [0.2, 0.25) is 0 Å². The zero-order valence-corrected chi connectivity index (χ0v) is 14.7. The Bertz CT molecular complexity index is 504. The highest BCUT2D eigenvalue weighted by Gasteiger charge is 2.43. The highest BCUT2D eigenvalue weighted by molar-refractivity contribution is 5.36. The predicted molar refractivity (Wildman–Crippen MR) is 92.7 cm³/mol. The quantitative estimate of drug-likeness (QED) is 0.690. The summed E-state index contributed by atoms with van der Waals surface area (Å²) in [6.07, 6.45) is 8.45. The van der Waals surface area contributed by atoms with Crippen LogP contribution in [0.1, 0.15) is 72.6 Å². The normalized spacial score (nSPS) is 34.0. The first-order chi connectivity index (χ1) is 10.1. The SMILES string of the molecule is C=C1CC/C=C(/C)C[C@@H](O)C2=C(C(C)(C)O)CC[C@@]2(C)CC1. The van der Waals surface area contributed by atoms with Crippen molar-refractivity contribution in [2.45, 2.75) is 84.3 Å². The third-order valence-electron chi connectivity index (χ3n) is 5.51. The molecule has 0 bridgehead atoms. The summed E-state index contributed by atoms with van der Waals surface area (Å²) in [5, 5.41) is 21.4. The van der Waals surface area contributed by atoms with Gasteiger partial charge in [-0.2, -0.15) is 0 Å². The van der Waals surface area contributed by atoms with E-state index in [9.17, 15) is 10.2 Å². The lowest BCUT2D eigenvalue weighted by Gasteiger charge is -2.33. The van der Waals surface area contributed by atoms with E-state index in [-0.39, 0.29) is 5.41 Å². The second kappa shape index (κ2) is 6.33. The minimum Gasteiger partial charge on any atom is -0.388 e. The van der Waals surface area contributed by atoms with Crippen molar-refractivity contribution in [2.75, 3.05) is 0 Å². The summed E-state index contributed by atoms with van der Waals surface area (Å²) in [7, 11) is 0. The molecule has 22 heavy (non-hydrogen) atoms. The molecule has 0 aromatic heterocycles. The van der Waals surface area contributed by atoms with Gasteiger partial charge in [-0.1, -0.05) is 30.7 Å². The van der Waals surface area contributed by atoms with Crippen molar-refractivity contribution in [1.29, 1.82) is 0 Å². The number of allylic oxidation sites excluding steroid dienone is 2. The van der Waals surface area contributed by atoms with E-state index in [1.165, 1.54) is 11.1 Å². The molecule has 2 atom stereocenters. The molecular formula is C20H32O2. The van der Waals surface area contributed by atoms with Crippen molar-refractivity contribution >= 4 is 0 Å². The fraction of sp³-hybridized carbons (Fsp3) is 0.700. The monoisotopic (exact) mass is 304 g/mol.